The highest BCUT2D eigenvalue weighted by molar-refractivity contribution is 5.74. The van der Waals surface area contributed by atoms with Gasteiger partial charge in [0.05, 0.1) is 0 Å². The van der Waals surface area contributed by atoms with Crippen LogP contribution in [0.4, 0.5) is 18.0 Å². The van der Waals surface area contributed by atoms with Gasteiger partial charge in [0.15, 0.2) is 6.10 Å². The lowest BCUT2D eigenvalue weighted by atomic mass is 9.96. The Morgan fingerprint density at radius 1 is 1.14 bits per heavy atom. The Hall–Kier alpha value is -1.02. The molecule has 0 unspecified atom stereocenters. The maximum Gasteiger partial charge on any atom is 0.415 e. The van der Waals surface area contributed by atoms with Gasteiger partial charge in [-0.3, -0.25) is 4.90 Å². The first-order chi connectivity index (χ1) is 10.4. The van der Waals surface area contributed by atoms with Crippen LogP contribution in [-0.4, -0.2) is 72.0 Å². The maximum atomic E-state index is 12.3. The molecule has 128 valence electrons. The SMILES string of the molecule is O=C(NC1CCCCC1)N1CCN(C[C@@H](O)C(F)(F)F)CC1. The lowest BCUT2D eigenvalue weighted by molar-refractivity contribution is -0.208. The second-order valence-electron chi connectivity index (χ2n) is 6.13. The van der Waals surface area contributed by atoms with Crippen LogP contribution < -0.4 is 5.32 Å². The number of hydrogen-bond acceptors (Lipinski definition) is 3. The average molecular weight is 323 g/mol. The molecule has 1 saturated heterocycles. The molecule has 2 aliphatic rings. The summed E-state index contributed by atoms with van der Waals surface area (Å²) >= 11 is 0. The molecule has 1 aliphatic carbocycles. The highest BCUT2D eigenvalue weighted by Gasteiger charge is 2.39. The topological polar surface area (TPSA) is 55.8 Å². The van der Waals surface area contributed by atoms with Gasteiger partial charge in [0.2, 0.25) is 0 Å². The summed E-state index contributed by atoms with van der Waals surface area (Å²) in [6.07, 6.45) is -1.42. The third-order valence-corrected chi connectivity index (χ3v) is 4.40. The fraction of sp³-hybridized carbons (Fsp3) is 0.929. The van der Waals surface area contributed by atoms with E-state index in [9.17, 15) is 18.0 Å². The second-order valence-corrected chi connectivity index (χ2v) is 6.13. The lowest BCUT2D eigenvalue weighted by Crippen LogP contribution is -2.55. The molecule has 2 rings (SSSR count). The predicted octanol–water partition coefficient (Wildman–Crippen LogP) is 1.57. The van der Waals surface area contributed by atoms with Crippen molar-refractivity contribution < 1.29 is 23.1 Å². The number of amides is 2. The van der Waals surface area contributed by atoms with Crippen molar-refractivity contribution in [1.29, 1.82) is 0 Å². The molecule has 1 atom stereocenters. The summed E-state index contributed by atoms with van der Waals surface area (Å²) in [5.41, 5.74) is 0. The molecule has 0 radical (unpaired) electrons. The smallest absolute Gasteiger partial charge is 0.382 e. The maximum absolute atomic E-state index is 12.3. The number of carbonyl (C=O) groups excluding carboxylic acids is 1. The molecule has 0 aromatic rings. The summed E-state index contributed by atoms with van der Waals surface area (Å²) in [5, 5.41) is 12.1. The number of carbonyl (C=O) groups is 1. The van der Waals surface area contributed by atoms with Gasteiger partial charge in [-0.2, -0.15) is 13.2 Å². The minimum Gasteiger partial charge on any atom is -0.382 e. The molecule has 8 heteroatoms. The van der Waals surface area contributed by atoms with Gasteiger partial charge >= 0.3 is 12.2 Å². The van der Waals surface area contributed by atoms with Gasteiger partial charge in [0.1, 0.15) is 0 Å². The molecule has 1 saturated carbocycles. The third kappa shape index (κ3) is 5.01. The third-order valence-electron chi connectivity index (χ3n) is 4.40. The Labute approximate surface area is 128 Å². The van der Waals surface area contributed by atoms with Gasteiger partial charge in [-0.25, -0.2) is 4.79 Å². The fourth-order valence-corrected chi connectivity index (χ4v) is 2.99. The molecule has 0 aromatic carbocycles. The lowest BCUT2D eigenvalue weighted by Gasteiger charge is -2.36. The van der Waals surface area contributed by atoms with Gasteiger partial charge < -0.3 is 15.3 Å². The van der Waals surface area contributed by atoms with Crippen molar-refractivity contribution in [1.82, 2.24) is 15.1 Å². The minimum atomic E-state index is -4.59. The number of nitrogens with one attached hydrogen (secondary N) is 1. The highest BCUT2D eigenvalue weighted by atomic mass is 19.4. The van der Waals surface area contributed by atoms with Crippen molar-refractivity contribution in [2.45, 2.75) is 50.4 Å². The summed E-state index contributed by atoms with van der Waals surface area (Å²) in [7, 11) is 0. The molecule has 22 heavy (non-hydrogen) atoms. The van der Waals surface area contributed by atoms with Crippen LogP contribution in [0.5, 0.6) is 0 Å². The van der Waals surface area contributed by atoms with Crippen LogP contribution in [0.25, 0.3) is 0 Å². The van der Waals surface area contributed by atoms with Crippen LogP contribution in [0.3, 0.4) is 0 Å². The Morgan fingerprint density at radius 3 is 2.27 bits per heavy atom. The summed E-state index contributed by atoms with van der Waals surface area (Å²) in [6, 6.07) is 0.106. The van der Waals surface area contributed by atoms with E-state index in [0.29, 0.717) is 26.2 Å². The molecule has 1 heterocycles. The van der Waals surface area contributed by atoms with Gasteiger partial charge in [0, 0.05) is 38.8 Å². The molecule has 2 amide bonds. The van der Waals surface area contributed by atoms with E-state index in [0.717, 1.165) is 25.7 Å². The van der Waals surface area contributed by atoms with E-state index < -0.39 is 18.8 Å². The number of hydrogen-bond donors (Lipinski definition) is 2. The van der Waals surface area contributed by atoms with E-state index in [-0.39, 0.29) is 12.1 Å². The van der Waals surface area contributed by atoms with Crippen molar-refractivity contribution in [3.63, 3.8) is 0 Å². The number of halogens is 3. The molecule has 0 aromatic heterocycles. The number of nitrogens with zero attached hydrogens (tertiary/aromatic N) is 2. The van der Waals surface area contributed by atoms with Crippen molar-refractivity contribution >= 4 is 6.03 Å². The number of piperazine rings is 1. The number of alkyl halides is 3. The van der Waals surface area contributed by atoms with E-state index in [4.69, 9.17) is 5.11 Å². The number of aliphatic hydroxyl groups is 1. The predicted molar refractivity (Wildman–Crippen MR) is 75.5 cm³/mol. The van der Waals surface area contributed by atoms with E-state index in [1.165, 1.54) is 6.42 Å². The van der Waals surface area contributed by atoms with Crippen molar-refractivity contribution in [2.75, 3.05) is 32.7 Å². The zero-order valence-electron chi connectivity index (χ0n) is 12.6. The van der Waals surface area contributed by atoms with E-state index in [1.54, 1.807) is 9.80 Å². The summed E-state index contributed by atoms with van der Waals surface area (Å²) < 4.78 is 37.0. The first-order valence-corrected chi connectivity index (χ1v) is 7.89. The standard InChI is InChI=1S/C14H24F3N3O2/c15-14(16,17)12(21)10-19-6-8-20(9-7-19)13(22)18-11-4-2-1-3-5-11/h11-12,21H,1-10H2,(H,18,22)/t12-/m1/s1. The minimum absolute atomic E-state index is 0.122. The van der Waals surface area contributed by atoms with Crippen LogP contribution in [-0.2, 0) is 0 Å². The van der Waals surface area contributed by atoms with Gasteiger partial charge in [-0.1, -0.05) is 19.3 Å². The first kappa shape index (κ1) is 17.3. The largest absolute Gasteiger partial charge is 0.415 e. The number of aliphatic hydroxyl groups excluding tert-OH is 1. The van der Waals surface area contributed by atoms with E-state index in [1.807, 2.05) is 0 Å². The van der Waals surface area contributed by atoms with Crippen molar-refractivity contribution in [3.05, 3.63) is 0 Å². The van der Waals surface area contributed by atoms with E-state index >= 15 is 0 Å². The van der Waals surface area contributed by atoms with Crippen molar-refractivity contribution in [2.24, 2.45) is 0 Å². The summed E-state index contributed by atoms with van der Waals surface area (Å²) in [4.78, 5) is 15.3. The molecular formula is C14H24F3N3O2. The number of rotatable bonds is 3. The Morgan fingerprint density at radius 2 is 1.73 bits per heavy atom. The van der Waals surface area contributed by atoms with E-state index in [2.05, 4.69) is 5.32 Å². The summed E-state index contributed by atoms with van der Waals surface area (Å²) in [6.45, 7) is 1.06. The van der Waals surface area contributed by atoms with Gasteiger partial charge in [-0.15, -0.1) is 0 Å². The molecule has 5 nitrogen and oxygen atoms in total. The van der Waals surface area contributed by atoms with Crippen LogP contribution in [0, 0.1) is 0 Å². The molecule has 0 spiro atoms. The normalized spacial score (nSPS) is 23.4. The fourth-order valence-electron chi connectivity index (χ4n) is 2.99. The second kappa shape index (κ2) is 7.50. The molecular weight excluding hydrogens is 299 g/mol. The zero-order chi connectivity index (χ0) is 16.2. The van der Waals surface area contributed by atoms with Crippen LogP contribution >= 0.6 is 0 Å². The quantitative estimate of drug-likeness (QED) is 0.829. The van der Waals surface area contributed by atoms with Crippen LogP contribution in [0.1, 0.15) is 32.1 Å². The first-order valence-electron chi connectivity index (χ1n) is 7.89. The van der Waals surface area contributed by atoms with Crippen LogP contribution in [0.2, 0.25) is 0 Å². The molecule has 2 N–H and O–H groups in total. The Kier molecular flexibility index (Phi) is 5.91. The molecule has 2 fully saturated rings. The average Bonchev–Trinajstić information content (AvgIpc) is 2.48. The number of β-amino-alcohol motifs (C(OH)–C–C–N with tert-alkyl or cyclic N) is 1. The van der Waals surface area contributed by atoms with Crippen LogP contribution in [0.15, 0.2) is 0 Å². The van der Waals surface area contributed by atoms with Crippen molar-refractivity contribution in [3.8, 4) is 0 Å². The Balaban J connectivity index is 1.71. The molecule has 1 aliphatic heterocycles. The highest BCUT2D eigenvalue weighted by Crippen LogP contribution is 2.21. The summed E-state index contributed by atoms with van der Waals surface area (Å²) in [5.74, 6) is 0. The zero-order valence-corrected chi connectivity index (χ0v) is 12.6. The van der Waals surface area contributed by atoms with Gasteiger partial charge in [-0.05, 0) is 12.8 Å². The Bertz CT molecular complexity index is 365. The molecule has 0 bridgehead atoms. The number of urea groups is 1. The van der Waals surface area contributed by atoms with Gasteiger partial charge in [0.25, 0.3) is 0 Å². The monoisotopic (exact) mass is 323 g/mol.